The smallest absolute Gasteiger partial charge is 0.321 e. The third-order valence-electron chi connectivity index (χ3n) is 4.78. The van der Waals surface area contributed by atoms with E-state index in [0.717, 1.165) is 36.9 Å². The lowest BCUT2D eigenvalue weighted by molar-refractivity contribution is -0.119. The number of halogens is 1. The molecule has 0 saturated heterocycles. The van der Waals surface area contributed by atoms with Crippen LogP contribution in [0.3, 0.4) is 0 Å². The number of urea groups is 1. The third-order valence-corrected chi connectivity index (χ3v) is 6.24. The molecule has 0 aliphatic heterocycles. The molecule has 9 heteroatoms. The van der Waals surface area contributed by atoms with Gasteiger partial charge in [0.25, 0.3) is 0 Å². The van der Waals surface area contributed by atoms with Crippen LogP contribution in [0.1, 0.15) is 44.6 Å². The molecule has 0 bridgehead atoms. The second-order valence-electron chi connectivity index (χ2n) is 6.97. The van der Waals surface area contributed by atoms with E-state index in [9.17, 15) is 9.59 Å². The van der Waals surface area contributed by atoms with E-state index in [1.165, 1.54) is 18.2 Å². The Bertz CT molecular complexity index is 851. The highest BCUT2D eigenvalue weighted by atomic mass is 35.5. The van der Waals surface area contributed by atoms with Gasteiger partial charge in [0.1, 0.15) is 6.33 Å². The molecule has 1 fully saturated rings. The van der Waals surface area contributed by atoms with Crippen molar-refractivity contribution in [2.24, 2.45) is 0 Å². The number of amides is 3. The number of nitrogens with zero attached hydrogens (tertiary/aromatic N) is 3. The third kappa shape index (κ3) is 5.26. The lowest BCUT2D eigenvalue weighted by Gasteiger charge is -2.23. The number of hydrogen-bond acceptors (Lipinski definition) is 5. The maximum Gasteiger partial charge on any atom is 0.321 e. The van der Waals surface area contributed by atoms with Gasteiger partial charge in [-0.15, -0.1) is 10.2 Å². The molecule has 0 spiro atoms. The summed E-state index contributed by atoms with van der Waals surface area (Å²) in [4.78, 5) is 24.5. The zero-order valence-electron chi connectivity index (χ0n) is 15.9. The van der Waals surface area contributed by atoms with E-state index in [4.69, 9.17) is 11.6 Å². The number of carbonyl (C=O) groups is 2. The zero-order chi connectivity index (χ0) is 20.1. The van der Waals surface area contributed by atoms with Gasteiger partial charge in [0, 0.05) is 11.1 Å². The number of nitrogens with one attached hydrogen (secondary N) is 2. The van der Waals surface area contributed by atoms with Gasteiger partial charge in [0.2, 0.25) is 5.91 Å². The number of rotatable bonds is 5. The number of aromatic nitrogens is 3. The van der Waals surface area contributed by atoms with E-state index in [1.54, 1.807) is 17.8 Å². The fraction of sp³-hybridized carbons (Fsp3) is 0.474. The first kappa shape index (κ1) is 20.7. The summed E-state index contributed by atoms with van der Waals surface area (Å²) in [5.74, 6) is -0.366. The van der Waals surface area contributed by atoms with Crippen LogP contribution in [-0.4, -0.2) is 38.0 Å². The highest BCUT2D eigenvalue weighted by Gasteiger charge is 2.22. The minimum atomic E-state index is -0.513. The highest BCUT2D eigenvalue weighted by Crippen LogP contribution is 2.26. The quantitative estimate of drug-likeness (QED) is 0.715. The van der Waals surface area contributed by atoms with Crippen molar-refractivity contribution in [1.82, 2.24) is 25.4 Å². The maximum atomic E-state index is 12.4. The summed E-state index contributed by atoms with van der Waals surface area (Å²) in [6.45, 7) is 3.66. The number of aryl methyl sites for hydroxylation is 1. The predicted octanol–water partition coefficient (Wildman–Crippen LogP) is 3.87. The molecule has 1 atom stereocenters. The van der Waals surface area contributed by atoms with Crippen LogP contribution in [0.4, 0.5) is 4.79 Å². The maximum absolute atomic E-state index is 12.4. The van der Waals surface area contributed by atoms with Crippen molar-refractivity contribution in [2.75, 3.05) is 0 Å². The van der Waals surface area contributed by atoms with E-state index in [1.807, 2.05) is 25.1 Å². The number of hydrogen-bond donors (Lipinski definition) is 2. The molecule has 28 heavy (non-hydrogen) atoms. The Hall–Kier alpha value is -2.06. The first-order valence-corrected chi connectivity index (χ1v) is 10.6. The molecule has 2 aromatic rings. The van der Waals surface area contributed by atoms with Crippen molar-refractivity contribution in [3.63, 3.8) is 0 Å². The lowest BCUT2D eigenvalue weighted by atomic mass is 9.96. The molecule has 7 nitrogen and oxygen atoms in total. The van der Waals surface area contributed by atoms with Crippen molar-refractivity contribution >= 4 is 35.3 Å². The predicted molar refractivity (Wildman–Crippen MR) is 110 cm³/mol. The Kier molecular flexibility index (Phi) is 6.96. The van der Waals surface area contributed by atoms with E-state index in [0.29, 0.717) is 10.2 Å². The minimum absolute atomic E-state index is 0.152. The zero-order valence-corrected chi connectivity index (χ0v) is 17.5. The first-order chi connectivity index (χ1) is 13.4. The molecule has 1 aliphatic carbocycles. The summed E-state index contributed by atoms with van der Waals surface area (Å²) in [5.41, 5.74) is 1.79. The first-order valence-electron chi connectivity index (χ1n) is 9.38. The van der Waals surface area contributed by atoms with Crippen LogP contribution in [0.25, 0.3) is 5.69 Å². The van der Waals surface area contributed by atoms with Crippen molar-refractivity contribution in [3.8, 4) is 5.69 Å². The Labute approximate surface area is 173 Å². The fourth-order valence-corrected chi connectivity index (χ4v) is 4.12. The molecule has 1 unspecified atom stereocenters. The van der Waals surface area contributed by atoms with Crippen molar-refractivity contribution in [2.45, 2.75) is 62.4 Å². The van der Waals surface area contributed by atoms with E-state index >= 15 is 0 Å². The van der Waals surface area contributed by atoms with Crippen LogP contribution < -0.4 is 10.6 Å². The summed E-state index contributed by atoms with van der Waals surface area (Å²) in [5, 5.41) is 14.0. The monoisotopic (exact) mass is 421 g/mol. The summed E-state index contributed by atoms with van der Waals surface area (Å²) in [6.07, 6.45) is 6.94. The molecular formula is C19H24ClN5O2S. The van der Waals surface area contributed by atoms with E-state index in [-0.39, 0.29) is 11.9 Å². The van der Waals surface area contributed by atoms with Gasteiger partial charge in [-0.1, -0.05) is 48.7 Å². The van der Waals surface area contributed by atoms with Crippen molar-refractivity contribution in [1.29, 1.82) is 0 Å². The highest BCUT2D eigenvalue weighted by molar-refractivity contribution is 8.00. The van der Waals surface area contributed by atoms with Gasteiger partial charge in [-0.2, -0.15) is 0 Å². The SMILES string of the molecule is Cc1ccc(-n2cnnc2SC(C)C(=O)NC(=O)NC2CCCCC2)cc1Cl. The lowest BCUT2D eigenvalue weighted by Crippen LogP contribution is -2.47. The topological polar surface area (TPSA) is 88.9 Å². The van der Waals surface area contributed by atoms with Crippen LogP contribution in [-0.2, 0) is 4.79 Å². The molecule has 0 radical (unpaired) electrons. The van der Waals surface area contributed by atoms with Gasteiger partial charge in [0.05, 0.1) is 10.9 Å². The molecular weight excluding hydrogens is 398 g/mol. The second-order valence-corrected chi connectivity index (χ2v) is 8.69. The Balaban J connectivity index is 1.59. The van der Waals surface area contributed by atoms with Gasteiger partial charge in [0.15, 0.2) is 5.16 Å². The second kappa shape index (κ2) is 9.43. The molecule has 1 heterocycles. The van der Waals surface area contributed by atoms with Gasteiger partial charge in [-0.25, -0.2) is 4.79 Å². The molecule has 1 saturated carbocycles. The molecule has 1 aliphatic rings. The summed E-state index contributed by atoms with van der Waals surface area (Å²) >= 11 is 7.44. The van der Waals surface area contributed by atoms with Crippen LogP contribution in [0.5, 0.6) is 0 Å². The number of benzene rings is 1. The van der Waals surface area contributed by atoms with Crippen LogP contribution in [0.2, 0.25) is 5.02 Å². The summed E-state index contributed by atoms with van der Waals surface area (Å²) in [6, 6.07) is 5.37. The minimum Gasteiger partial charge on any atom is -0.335 e. The van der Waals surface area contributed by atoms with Gasteiger partial charge in [-0.05, 0) is 44.4 Å². The molecule has 2 N–H and O–H groups in total. The fourth-order valence-electron chi connectivity index (χ4n) is 3.11. The largest absolute Gasteiger partial charge is 0.335 e. The van der Waals surface area contributed by atoms with Crippen LogP contribution in [0, 0.1) is 6.92 Å². The summed E-state index contributed by atoms with van der Waals surface area (Å²) in [7, 11) is 0. The van der Waals surface area contributed by atoms with Gasteiger partial charge >= 0.3 is 6.03 Å². The number of imide groups is 1. The normalized spacial score (nSPS) is 15.8. The molecule has 1 aromatic carbocycles. The average molecular weight is 422 g/mol. The van der Waals surface area contributed by atoms with Crippen molar-refractivity contribution < 1.29 is 9.59 Å². The molecule has 150 valence electrons. The average Bonchev–Trinajstić information content (AvgIpc) is 3.12. The van der Waals surface area contributed by atoms with Crippen LogP contribution >= 0.6 is 23.4 Å². The Morgan fingerprint density at radius 1 is 1.29 bits per heavy atom. The molecule has 3 rings (SSSR count). The van der Waals surface area contributed by atoms with Gasteiger partial charge in [-0.3, -0.25) is 14.7 Å². The van der Waals surface area contributed by atoms with Crippen molar-refractivity contribution in [3.05, 3.63) is 35.1 Å². The Morgan fingerprint density at radius 3 is 2.75 bits per heavy atom. The number of carbonyl (C=O) groups excluding carboxylic acids is 2. The number of thioether (sulfide) groups is 1. The van der Waals surface area contributed by atoms with E-state index < -0.39 is 11.3 Å². The van der Waals surface area contributed by atoms with E-state index in [2.05, 4.69) is 20.8 Å². The standard InChI is InChI=1S/C19H24ClN5O2S/c1-12-8-9-15(10-16(12)20)25-11-21-24-19(25)28-13(2)17(26)23-18(27)22-14-6-4-3-5-7-14/h8-11,13-14H,3-7H2,1-2H3,(H2,22,23,26,27). The summed E-state index contributed by atoms with van der Waals surface area (Å²) < 4.78 is 1.77. The molecule has 3 amide bonds. The Morgan fingerprint density at radius 2 is 2.04 bits per heavy atom. The van der Waals surface area contributed by atoms with Gasteiger partial charge < -0.3 is 5.32 Å². The van der Waals surface area contributed by atoms with Crippen LogP contribution in [0.15, 0.2) is 29.7 Å². The molecule has 1 aromatic heterocycles.